The molecule has 1 amide bonds. The fraction of sp³-hybridized carbons (Fsp3) is 0.917. The van der Waals surface area contributed by atoms with E-state index < -0.39 is 0 Å². The maximum atomic E-state index is 11.5. The normalized spacial score (nSPS) is 19.1. The van der Waals surface area contributed by atoms with Crippen molar-refractivity contribution in [3.63, 3.8) is 0 Å². The highest BCUT2D eigenvalue weighted by atomic mass is 35.5. The molecule has 0 radical (unpaired) electrons. The zero-order chi connectivity index (χ0) is 12.3. The van der Waals surface area contributed by atoms with Crippen molar-refractivity contribution in [2.24, 2.45) is 0 Å². The summed E-state index contributed by atoms with van der Waals surface area (Å²) in [6, 6.07) is 0. The van der Waals surface area contributed by atoms with E-state index in [1.165, 1.54) is 12.8 Å². The highest BCUT2D eigenvalue weighted by Gasteiger charge is 2.14. The number of halogens is 1. The minimum atomic E-state index is 0. The summed E-state index contributed by atoms with van der Waals surface area (Å²) in [6.07, 6.45) is 4.95. The van der Waals surface area contributed by atoms with Gasteiger partial charge in [0.25, 0.3) is 0 Å². The largest absolute Gasteiger partial charge is 0.377 e. The van der Waals surface area contributed by atoms with E-state index in [-0.39, 0.29) is 18.3 Å². The number of rotatable bonds is 8. The average Bonchev–Trinajstić information content (AvgIpc) is 2.36. The monoisotopic (exact) mass is 296 g/mol. The molecule has 18 heavy (non-hydrogen) atoms. The lowest BCUT2D eigenvalue weighted by molar-refractivity contribution is -0.118. The molecular weight excluding hydrogens is 272 g/mol. The van der Waals surface area contributed by atoms with Gasteiger partial charge in [0.05, 0.1) is 11.9 Å². The second-order valence-corrected chi connectivity index (χ2v) is 5.34. The van der Waals surface area contributed by atoms with E-state index in [1.54, 1.807) is 11.8 Å². The smallest absolute Gasteiger partial charge is 0.229 e. The molecule has 1 heterocycles. The first-order chi connectivity index (χ1) is 8.33. The van der Waals surface area contributed by atoms with E-state index in [0.29, 0.717) is 11.9 Å². The first-order valence-corrected chi connectivity index (χ1v) is 7.59. The molecule has 0 bridgehead atoms. The van der Waals surface area contributed by atoms with Crippen LogP contribution in [0.5, 0.6) is 0 Å². The average molecular weight is 297 g/mol. The number of hydrogen-bond donors (Lipinski definition) is 2. The van der Waals surface area contributed by atoms with Crippen molar-refractivity contribution in [3.8, 4) is 0 Å². The van der Waals surface area contributed by atoms with Gasteiger partial charge in [0.1, 0.15) is 0 Å². The van der Waals surface area contributed by atoms with Gasteiger partial charge in [-0.3, -0.25) is 4.79 Å². The van der Waals surface area contributed by atoms with Gasteiger partial charge in [-0.25, -0.2) is 0 Å². The Kier molecular flexibility index (Phi) is 12.1. The number of carbonyl (C=O) groups is 1. The maximum absolute atomic E-state index is 11.5. The van der Waals surface area contributed by atoms with E-state index in [4.69, 9.17) is 4.74 Å². The second kappa shape index (κ2) is 12.1. The third-order valence-corrected chi connectivity index (χ3v) is 3.81. The molecule has 108 valence electrons. The van der Waals surface area contributed by atoms with Crippen molar-refractivity contribution in [2.45, 2.75) is 31.8 Å². The maximum Gasteiger partial charge on any atom is 0.229 e. The second-order valence-electron chi connectivity index (χ2n) is 4.31. The number of carbonyl (C=O) groups excluding carboxylic acids is 1. The van der Waals surface area contributed by atoms with Crippen LogP contribution in [0.4, 0.5) is 0 Å². The predicted molar refractivity (Wildman–Crippen MR) is 79.7 cm³/mol. The van der Waals surface area contributed by atoms with Gasteiger partial charge >= 0.3 is 0 Å². The summed E-state index contributed by atoms with van der Waals surface area (Å²) < 4.78 is 5.61. The zero-order valence-corrected chi connectivity index (χ0v) is 12.7. The molecule has 0 aliphatic carbocycles. The minimum absolute atomic E-state index is 0. The Balaban J connectivity index is 0.00000289. The zero-order valence-electron chi connectivity index (χ0n) is 11.1. The molecule has 0 spiro atoms. The Bertz CT molecular complexity index is 214. The van der Waals surface area contributed by atoms with Crippen LogP contribution in [0.3, 0.4) is 0 Å². The highest BCUT2D eigenvalue weighted by Crippen LogP contribution is 2.16. The van der Waals surface area contributed by atoms with Crippen LogP contribution in [0.1, 0.15) is 25.7 Å². The molecule has 4 nitrogen and oxygen atoms in total. The summed E-state index contributed by atoms with van der Waals surface area (Å²) in [4.78, 5) is 11.5. The van der Waals surface area contributed by atoms with Crippen LogP contribution in [0.25, 0.3) is 0 Å². The molecule has 1 saturated heterocycles. The first-order valence-electron chi connectivity index (χ1n) is 6.43. The number of amides is 1. The number of nitrogens with one attached hydrogen (secondary N) is 2. The molecule has 1 fully saturated rings. The van der Waals surface area contributed by atoms with Crippen LogP contribution >= 0.6 is 24.2 Å². The van der Waals surface area contributed by atoms with Crippen LogP contribution in [0.2, 0.25) is 0 Å². The van der Waals surface area contributed by atoms with E-state index in [0.717, 1.165) is 38.3 Å². The Morgan fingerprint density at radius 1 is 1.39 bits per heavy atom. The lowest BCUT2D eigenvalue weighted by atomic mass is 10.1. The van der Waals surface area contributed by atoms with Gasteiger partial charge in [-0.05, 0) is 39.3 Å². The predicted octanol–water partition coefficient (Wildman–Crippen LogP) is 1.44. The number of hydrogen-bond acceptors (Lipinski definition) is 4. The molecule has 1 rings (SSSR count). The van der Waals surface area contributed by atoms with E-state index in [2.05, 4.69) is 10.6 Å². The van der Waals surface area contributed by atoms with Crippen molar-refractivity contribution >= 4 is 30.1 Å². The molecule has 0 aromatic carbocycles. The van der Waals surface area contributed by atoms with Crippen molar-refractivity contribution in [1.82, 2.24) is 10.6 Å². The van der Waals surface area contributed by atoms with Crippen LogP contribution in [0.15, 0.2) is 0 Å². The Morgan fingerprint density at radius 3 is 2.89 bits per heavy atom. The van der Waals surface area contributed by atoms with Gasteiger partial charge in [0, 0.05) is 18.9 Å². The van der Waals surface area contributed by atoms with Gasteiger partial charge < -0.3 is 15.4 Å². The summed E-state index contributed by atoms with van der Waals surface area (Å²) in [5, 5.41) is 5.97. The van der Waals surface area contributed by atoms with Gasteiger partial charge in [0.2, 0.25) is 5.91 Å². The Labute approximate surface area is 120 Å². The molecule has 0 aromatic rings. The summed E-state index contributed by atoms with van der Waals surface area (Å²) in [5.41, 5.74) is 0. The quantitative estimate of drug-likeness (QED) is 0.666. The van der Waals surface area contributed by atoms with E-state index in [1.807, 2.05) is 7.05 Å². The molecule has 1 aliphatic rings. The van der Waals surface area contributed by atoms with Crippen molar-refractivity contribution in [3.05, 3.63) is 0 Å². The minimum Gasteiger partial charge on any atom is -0.377 e. The first kappa shape index (κ1) is 18.0. The van der Waals surface area contributed by atoms with E-state index in [9.17, 15) is 4.79 Å². The van der Waals surface area contributed by atoms with Gasteiger partial charge in [-0.15, -0.1) is 24.2 Å². The molecule has 6 heteroatoms. The highest BCUT2D eigenvalue weighted by molar-refractivity contribution is 7.99. The van der Waals surface area contributed by atoms with Crippen LogP contribution in [0, 0.1) is 0 Å². The van der Waals surface area contributed by atoms with Crippen LogP contribution in [-0.4, -0.2) is 50.3 Å². The molecular formula is C12H25ClN2O2S. The van der Waals surface area contributed by atoms with Crippen molar-refractivity contribution in [2.75, 3.05) is 38.2 Å². The lowest BCUT2D eigenvalue weighted by Gasteiger charge is -2.21. The number of ether oxygens (including phenoxy) is 1. The van der Waals surface area contributed by atoms with Crippen molar-refractivity contribution < 1.29 is 9.53 Å². The van der Waals surface area contributed by atoms with E-state index >= 15 is 0 Å². The molecule has 1 aliphatic heterocycles. The summed E-state index contributed by atoms with van der Waals surface area (Å²) >= 11 is 1.68. The molecule has 0 saturated carbocycles. The molecule has 2 N–H and O–H groups in total. The summed E-state index contributed by atoms with van der Waals surface area (Å²) in [7, 11) is 1.92. The van der Waals surface area contributed by atoms with Crippen molar-refractivity contribution in [1.29, 1.82) is 0 Å². The van der Waals surface area contributed by atoms with Crippen LogP contribution < -0.4 is 10.6 Å². The Morgan fingerprint density at radius 2 is 2.22 bits per heavy atom. The molecule has 1 unspecified atom stereocenters. The lowest BCUT2D eigenvalue weighted by Crippen LogP contribution is -2.29. The Hall–Kier alpha value is 0.0300. The summed E-state index contributed by atoms with van der Waals surface area (Å²) in [6.45, 7) is 2.60. The van der Waals surface area contributed by atoms with Gasteiger partial charge in [0.15, 0.2) is 0 Å². The third-order valence-electron chi connectivity index (χ3n) is 2.74. The molecule has 0 aromatic heterocycles. The topological polar surface area (TPSA) is 50.4 Å². The van der Waals surface area contributed by atoms with Gasteiger partial charge in [-0.1, -0.05) is 0 Å². The standard InChI is InChI=1S/C12H24N2O2S.ClH/c1-13-6-4-7-14-12(15)10-17-9-11-5-2-3-8-16-11;/h11,13H,2-10H2,1H3,(H,14,15);1H. The SMILES string of the molecule is CNCCCNC(=O)CSCC1CCCCO1.Cl. The fourth-order valence-electron chi connectivity index (χ4n) is 1.77. The van der Waals surface area contributed by atoms with Crippen LogP contribution in [-0.2, 0) is 9.53 Å². The molecule has 1 atom stereocenters. The number of thioether (sulfide) groups is 1. The fourth-order valence-corrected chi connectivity index (χ4v) is 2.70. The summed E-state index contributed by atoms with van der Waals surface area (Å²) in [5.74, 6) is 1.64. The third kappa shape index (κ3) is 9.03. The van der Waals surface area contributed by atoms with Gasteiger partial charge in [-0.2, -0.15) is 0 Å².